The maximum atomic E-state index is 12.5. The van der Waals surface area contributed by atoms with E-state index >= 15 is 0 Å². The third-order valence-corrected chi connectivity index (χ3v) is 5.53. The molecule has 0 aliphatic rings. The van der Waals surface area contributed by atoms with Crippen LogP contribution >= 0.6 is 11.8 Å². The van der Waals surface area contributed by atoms with Gasteiger partial charge in [0.15, 0.2) is 0 Å². The van der Waals surface area contributed by atoms with Gasteiger partial charge in [-0.3, -0.25) is 9.59 Å². The number of ether oxygens (including phenoxy) is 1. The largest absolute Gasteiger partial charge is 0.462 e. The summed E-state index contributed by atoms with van der Waals surface area (Å²) in [5, 5.41) is 5.39. The molecule has 0 aliphatic carbocycles. The van der Waals surface area contributed by atoms with Crippen molar-refractivity contribution in [2.24, 2.45) is 0 Å². The number of esters is 1. The Kier molecular flexibility index (Phi) is 10.1. The summed E-state index contributed by atoms with van der Waals surface area (Å²) in [6.07, 6.45) is 3.10. The van der Waals surface area contributed by atoms with Crippen molar-refractivity contribution in [3.8, 4) is 0 Å². The molecule has 6 nitrogen and oxygen atoms in total. The van der Waals surface area contributed by atoms with Crippen molar-refractivity contribution in [3.05, 3.63) is 54.1 Å². The first-order valence-electron chi connectivity index (χ1n) is 10.6. The van der Waals surface area contributed by atoms with Gasteiger partial charge in [0.2, 0.25) is 11.8 Å². The molecule has 2 aromatic rings. The van der Waals surface area contributed by atoms with Gasteiger partial charge in [0.25, 0.3) is 0 Å². The third kappa shape index (κ3) is 8.45. The molecular formula is C24H30N2O4S. The molecule has 0 saturated carbocycles. The quantitative estimate of drug-likeness (QED) is 0.273. The van der Waals surface area contributed by atoms with Crippen molar-refractivity contribution in [2.45, 2.75) is 56.6 Å². The van der Waals surface area contributed by atoms with E-state index in [0.717, 1.165) is 29.8 Å². The van der Waals surface area contributed by atoms with Crippen LogP contribution < -0.4 is 10.6 Å². The van der Waals surface area contributed by atoms with Gasteiger partial charge in [0, 0.05) is 22.7 Å². The lowest BCUT2D eigenvalue weighted by atomic mass is 10.2. The lowest BCUT2D eigenvalue weighted by molar-refractivity contribution is -0.116. The number of hydrogen-bond donors (Lipinski definition) is 2. The highest BCUT2D eigenvalue weighted by molar-refractivity contribution is 8.00. The monoisotopic (exact) mass is 442 g/mol. The second-order valence-corrected chi connectivity index (χ2v) is 8.55. The molecule has 166 valence electrons. The highest BCUT2D eigenvalue weighted by Gasteiger charge is 2.15. The molecule has 0 radical (unpaired) electrons. The summed E-state index contributed by atoms with van der Waals surface area (Å²) in [6, 6.07) is 14.1. The van der Waals surface area contributed by atoms with Crippen LogP contribution in [0.1, 0.15) is 56.8 Å². The summed E-state index contributed by atoms with van der Waals surface area (Å²) < 4.78 is 5.18. The normalized spacial score (nSPS) is 11.5. The van der Waals surface area contributed by atoms with E-state index in [1.807, 2.05) is 45.0 Å². The van der Waals surface area contributed by atoms with Crippen molar-refractivity contribution in [2.75, 3.05) is 17.2 Å². The predicted octanol–water partition coefficient (Wildman–Crippen LogP) is 5.50. The molecule has 0 heterocycles. The molecule has 0 aromatic heterocycles. The number of thioether (sulfide) groups is 1. The van der Waals surface area contributed by atoms with Crippen LogP contribution in [-0.2, 0) is 14.3 Å². The zero-order chi connectivity index (χ0) is 22.6. The molecule has 0 aliphatic heterocycles. The molecule has 1 unspecified atom stereocenters. The summed E-state index contributed by atoms with van der Waals surface area (Å²) in [5.74, 6) is -0.496. The highest BCUT2D eigenvalue weighted by Crippen LogP contribution is 2.26. The smallest absolute Gasteiger partial charge is 0.338 e. The fraction of sp³-hybridized carbons (Fsp3) is 0.375. The minimum absolute atomic E-state index is 0.00381. The third-order valence-electron chi connectivity index (χ3n) is 4.42. The number of amides is 2. The van der Waals surface area contributed by atoms with Crippen molar-refractivity contribution in [1.29, 1.82) is 0 Å². The van der Waals surface area contributed by atoms with Gasteiger partial charge in [-0.15, -0.1) is 11.8 Å². The zero-order valence-electron chi connectivity index (χ0n) is 18.3. The van der Waals surface area contributed by atoms with Crippen LogP contribution in [0, 0.1) is 0 Å². The SMILES string of the molecule is CCCCOC(=O)c1ccc(NC(=O)C(C)Sc2ccc(NC(=O)CCC)cc2)cc1. The Morgan fingerprint density at radius 2 is 1.52 bits per heavy atom. The molecule has 7 heteroatoms. The maximum absolute atomic E-state index is 12.5. The number of carbonyl (C=O) groups is 3. The van der Waals surface area contributed by atoms with Crippen LogP contribution in [0.15, 0.2) is 53.4 Å². The van der Waals surface area contributed by atoms with Gasteiger partial charge in [-0.1, -0.05) is 20.3 Å². The summed E-state index contributed by atoms with van der Waals surface area (Å²) in [6.45, 7) is 6.24. The van der Waals surface area contributed by atoms with Crippen LogP contribution in [-0.4, -0.2) is 29.6 Å². The summed E-state index contributed by atoms with van der Waals surface area (Å²) in [4.78, 5) is 37.0. The molecular weight excluding hydrogens is 412 g/mol. The molecule has 0 saturated heterocycles. The molecule has 2 aromatic carbocycles. The van der Waals surface area contributed by atoms with E-state index in [4.69, 9.17) is 4.74 Å². The molecule has 31 heavy (non-hydrogen) atoms. The Hall–Kier alpha value is -2.80. The van der Waals surface area contributed by atoms with Crippen molar-refractivity contribution < 1.29 is 19.1 Å². The van der Waals surface area contributed by atoms with Gasteiger partial charge in [-0.2, -0.15) is 0 Å². The van der Waals surface area contributed by atoms with Crippen LogP contribution in [0.2, 0.25) is 0 Å². The van der Waals surface area contributed by atoms with E-state index in [9.17, 15) is 14.4 Å². The second-order valence-electron chi connectivity index (χ2n) is 7.14. The van der Waals surface area contributed by atoms with Gasteiger partial charge in [-0.05, 0) is 68.3 Å². The van der Waals surface area contributed by atoms with E-state index in [1.54, 1.807) is 24.3 Å². The number of anilines is 2. The van der Waals surface area contributed by atoms with Gasteiger partial charge in [0.05, 0.1) is 17.4 Å². The van der Waals surface area contributed by atoms with Crippen molar-refractivity contribution >= 4 is 40.9 Å². The number of rotatable bonds is 11. The van der Waals surface area contributed by atoms with Gasteiger partial charge >= 0.3 is 5.97 Å². The Morgan fingerprint density at radius 1 is 0.903 bits per heavy atom. The van der Waals surface area contributed by atoms with Crippen LogP contribution in [0.4, 0.5) is 11.4 Å². The summed E-state index contributed by atoms with van der Waals surface area (Å²) >= 11 is 1.43. The molecule has 1 atom stereocenters. The average Bonchev–Trinajstić information content (AvgIpc) is 2.76. The molecule has 0 spiro atoms. The lowest BCUT2D eigenvalue weighted by Gasteiger charge is -2.13. The standard InChI is InChI=1S/C24H30N2O4S/c1-4-6-16-30-24(29)18-8-10-20(11-9-18)26-23(28)17(3)31-21-14-12-19(13-15-21)25-22(27)7-5-2/h8-15,17H,4-7,16H2,1-3H3,(H,25,27)(H,26,28). The number of benzene rings is 2. The second kappa shape index (κ2) is 12.8. The van der Waals surface area contributed by atoms with E-state index in [-0.39, 0.29) is 23.0 Å². The van der Waals surface area contributed by atoms with Crippen LogP contribution in [0.3, 0.4) is 0 Å². The fourth-order valence-corrected chi connectivity index (χ4v) is 3.52. The first-order chi connectivity index (χ1) is 14.9. The number of nitrogens with one attached hydrogen (secondary N) is 2. The first kappa shape index (κ1) is 24.5. The molecule has 0 fully saturated rings. The Bertz CT molecular complexity index is 866. The topological polar surface area (TPSA) is 84.5 Å². The fourth-order valence-electron chi connectivity index (χ4n) is 2.65. The molecule has 0 bridgehead atoms. The van der Waals surface area contributed by atoms with E-state index < -0.39 is 0 Å². The highest BCUT2D eigenvalue weighted by atomic mass is 32.2. The van der Waals surface area contributed by atoms with Gasteiger partial charge in [0.1, 0.15) is 0 Å². The minimum Gasteiger partial charge on any atom is -0.462 e. The molecule has 2 rings (SSSR count). The van der Waals surface area contributed by atoms with Crippen molar-refractivity contribution in [1.82, 2.24) is 0 Å². The van der Waals surface area contributed by atoms with E-state index in [0.29, 0.717) is 24.3 Å². The average molecular weight is 443 g/mol. The van der Waals surface area contributed by atoms with Gasteiger partial charge in [-0.25, -0.2) is 4.79 Å². The van der Waals surface area contributed by atoms with E-state index in [2.05, 4.69) is 10.6 Å². The van der Waals surface area contributed by atoms with E-state index in [1.165, 1.54) is 11.8 Å². The number of hydrogen-bond acceptors (Lipinski definition) is 5. The Labute approximate surface area is 188 Å². The van der Waals surface area contributed by atoms with Gasteiger partial charge < -0.3 is 15.4 Å². The van der Waals surface area contributed by atoms with Crippen LogP contribution in [0.25, 0.3) is 0 Å². The number of carbonyl (C=O) groups excluding carboxylic acids is 3. The summed E-state index contributed by atoms with van der Waals surface area (Å²) in [7, 11) is 0. The Balaban J connectivity index is 1.85. The lowest BCUT2D eigenvalue weighted by Crippen LogP contribution is -2.22. The minimum atomic E-state index is -0.357. The Morgan fingerprint density at radius 3 is 2.13 bits per heavy atom. The molecule has 2 N–H and O–H groups in total. The van der Waals surface area contributed by atoms with Crippen LogP contribution in [0.5, 0.6) is 0 Å². The maximum Gasteiger partial charge on any atom is 0.338 e. The predicted molar refractivity (Wildman–Crippen MR) is 126 cm³/mol. The summed E-state index contributed by atoms with van der Waals surface area (Å²) in [5.41, 5.74) is 1.83. The van der Waals surface area contributed by atoms with Crippen molar-refractivity contribution in [3.63, 3.8) is 0 Å². The molecule has 2 amide bonds. The first-order valence-corrected chi connectivity index (χ1v) is 11.5. The zero-order valence-corrected chi connectivity index (χ0v) is 19.1. The number of unbranched alkanes of at least 4 members (excludes halogenated alkanes) is 1.